The van der Waals surface area contributed by atoms with Gasteiger partial charge in [0, 0.05) is 4.47 Å². The number of halogens is 1. The van der Waals surface area contributed by atoms with E-state index in [2.05, 4.69) is 26.6 Å². The molecule has 0 aliphatic rings. The quantitative estimate of drug-likeness (QED) is 0.769. The number of hydrogen-bond donors (Lipinski definition) is 3. The lowest BCUT2D eigenvalue weighted by Crippen LogP contribution is -2.49. The first-order chi connectivity index (χ1) is 9.31. The Kier molecular flexibility index (Phi) is 6.01. The van der Waals surface area contributed by atoms with Crippen molar-refractivity contribution in [1.29, 1.82) is 0 Å². The van der Waals surface area contributed by atoms with E-state index in [9.17, 15) is 9.59 Å². The molecule has 0 aliphatic heterocycles. The zero-order chi connectivity index (χ0) is 15.3. The number of rotatable bonds is 5. The van der Waals surface area contributed by atoms with E-state index < -0.39 is 18.0 Å². The summed E-state index contributed by atoms with van der Waals surface area (Å²) in [5, 5.41) is 14.2. The van der Waals surface area contributed by atoms with Gasteiger partial charge in [-0.1, -0.05) is 41.9 Å². The molecule has 3 N–H and O–H groups in total. The molecule has 2 amide bonds. The van der Waals surface area contributed by atoms with Gasteiger partial charge in [0.25, 0.3) is 0 Å². The molecule has 2 atom stereocenters. The van der Waals surface area contributed by atoms with Crippen molar-refractivity contribution < 1.29 is 14.7 Å². The summed E-state index contributed by atoms with van der Waals surface area (Å²) in [4.78, 5) is 22.8. The molecule has 6 heteroatoms. The number of benzene rings is 1. The van der Waals surface area contributed by atoms with Gasteiger partial charge in [0.2, 0.25) is 0 Å². The molecular formula is C14H19BrN2O3. The van der Waals surface area contributed by atoms with Crippen LogP contribution < -0.4 is 10.6 Å². The molecule has 1 unspecified atom stereocenters. The molecule has 0 bridgehead atoms. The Labute approximate surface area is 126 Å². The van der Waals surface area contributed by atoms with Gasteiger partial charge >= 0.3 is 12.0 Å². The van der Waals surface area contributed by atoms with Gasteiger partial charge < -0.3 is 15.7 Å². The molecular weight excluding hydrogens is 324 g/mol. The van der Waals surface area contributed by atoms with Crippen LogP contribution in [0.1, 0.15) is 32.4 Å². The van der Waals surface area contributed by atoms with Crippen LogP contribution in [0.5, 0.6) is 0 Å². The van der Waals surface area contributed by atoms with E-state index in [4.69, 9.17) is 5.11 Å². The Bertz CT molecular complexity index is 474. The molecule has 5 nitrogen and oxygen atoms in total. The van der Waals surface area contributed by atoms with Gasteiger partial charge in [-0.05, 0) is 30.5 Å². The number of hydrogen-bond acceptors (Lipinski definition) is 2. The monoisotopic (exact) mass is 342 g/mol. The number of nitrogens with one attached hydrogen (secondary N) is 2. The SMILES string of the molecule is CC(NC(=O)N[C@@H](C(=O)O)C(C)C)c1ccc(Br)cc1. The smallest absolute Gasteiger partial charge is 0.326 e. The fourth-order valence-electron chi connectivity index (χ4n) is 1.73. The minimum absolute atomic E-state index is 0.179. The zero-order valence-electron chi connectivity index (χ0n) is 11.7. The highest BCUT2D eigenvalue weighted by atomic mass is 79.9. The van der Waals surface area contributed by atoms with Gasteiger partial charge in [-0.25, -0.2) is 9.59 Å². The van der Waals surface area contributed by atoms with E-state index >= 15 is 0 Å². The van der Waals surface area contributed by atoms with Crippen LogP contribution in [-0.2, 0) is 4.79 Å². The predicted molar refractivity (Wildman–Crippen MR) is 80.5 cm³/mol. The van der Waals surface area contributed by atoms with Crippen LogP contribution >= 0.6 is 15.9 Å². The molecule has 0 fully saturated rings. The highest BCUT2D eigenvalue weighted by molar-refractivity contribution is 9.10. The second-order valence-corrected chi connectivity index (χ2v) is 5.87. The average molecular weight is 343 g/mol. The summed E-state index contributed by atoms with van der Waals surface area (Å²) in [6.45, 7) is 5.34. The molecule has 0 saturated carbocycles. The first-order valence-corrected chi connectivity index (χ1v) is 7.16. The second kappa shape index (κ2) is 7.28. The average Bonchev–Trinajstić information content (AvgIpc) is 2.35. The minimum Gasteiger partial charge on any atom is -0.480 e. The Balaban J connectivity index is 2.61. The van der Waals surface area contributed by atoms with Gasteiger partial charge in [-0.2, -0.15) is 0 Å². The van der Waals surface area contributed by atoms with Gasteiger partial charge in [0.15, 0.2) is 0 Å². The van der Waals surface area contributed by atoms with E-state index in [1.807, 2.05) is 31.2 Å². The third kappa shape index (κ3) is 4.85. The summed E-state index contributed by atoms with van der Waals surface area (Å²) in [7, 11) is 0. The van der Waals surface area contributed by atoms with Crippen molar-refractivity contribution in [2.24, 2.45) is 5.92 Å². The fraction of sp³-hybridized carbons (Fsp3) is 0.429. The molecule has 0 radical (unpaired) electrons. The van der Waals surface area contributed by atoms with Crippen molar-refractivity contribution in [3.63, 3.8) is 0 Å². The maximum Gasteiger partial charge on any atom is 0.326 e. The lowest BCUT2D eigenvalue weighted by Gasteiger charge is -2.20. The van der Waals surface area contributed by atoms with Crippen molar-refractivity contribution in [1.82, 2.24) is 10.6 Å². The largest absolute Gasteiger partial charge is 0.480 e. The molecule has 0 spiro atoms. The highest BCUT2D eigenvalue weighted by Crippen LogP contribution is 2.16. The first-order valence-electron chi connectivity index (χ1n) is 6.36. The topological polar surface area (TPSA) is 78.4 Å². The number of amides is 2. The molecule has 0 aromatic heterocycles. The number of aliphatic carboxylic acids is 1. The van der Waals surface area contributed by atoms with E-state index in [1.165, 1.54) is 0 Å². The summed E-state index contributed by atoms with van der Waals surface area (Å²) >= 11 is 3.35. The molecule has 0 heterocycles. The van der Waals surface area contributed by atoms with Crippen LogP contribution in [0, 0.1) is 5.92 Å². The van der Waals surface area contributed by atoms with E-state index in [1.54, 1.807) is 13.8 Å². The van der Waals surface area contributed by atoms with E-state index in [0.29, 0.717) is 0 Å². The number of carboxylic acids is 1. The number of carboxylic acid groups (broad SMARTS) is 1. The third-order valence-corrected chi connectivity index (χ3v) is 3.47. The van der Waals surface area contributed by atoms with Gasteiger partial charge in [-0.15, -0.1) is 0 Å². The third-order valence-electron chi connectivity index (χ3n) is 2.94. The number of carbonyl (C=O) groups excluding carboxylic acids is 1. The Hall–Kier alpha value is -1.56. The number of carbonyl (C=O) groups is 2. The number of urea groups is 1. The maximum absolute atomic E-state index is 11.8. The molecule has 1 rings (SSSR count). The molecule has 20 heavy (non-hydrogen) atoms. The van der Waals surface area contributed by atoms with Gasteiger partial charge in [0.1, 0.15) is 6.04 Å². The highest BCUT2D eigenvalue weighted by Gasteiger charge is 2.23. The first kappa shape index (κ1) is 16.5. The maximum atomic E-state index is 11.8. The second-order valence-electron chi connectivity index (χ2n) is 4.95. The van der Waals surface area contributed by atoms with Crippen LogP contribution in [0.25, 0.3) is 0 Å². The predicted octanol–water partition coefficient (Wildman–Crippen LogP) is 2.92. The molecule has 0 aliphatic carbocycles. The Morgan fingerprint density at radius 2 is 1.65 bits per heavy atom. The van der Waals surface area contributed by atoms with Gasteiger partial charge in [-0.3, -0.25) is 0 Å². The molecule has 110 valence electrons. The fourth-order valence-corrected chi connectivity index (χ4v) is 1.99. The van der Waals surface area contributed by atoms with Crippen molar-refractivity contribution >= 4 is 27.9 Å². The standard InChI is InChI=1S/C14H19BrN2O3/c1-8(2)12(13(18)19)17-14(20)16-9(3)10-4-6-11(15)7-5-10/h4-9,12H,1-3H3,(H,18,19)(H2,16,17,20)/t9?,12-/m1/s1. The molecule has 1 aromatic rings. The molecule has 1 aromatic carbocycles. The van der Waals surface area contributed by atoms with Crippen molar-refractivity contribution in [2.75, 3.05) is 0 Å². The van der Waals surface area contributed by atoms with Crippen LogP contribution in [0.2, 0.25) is 0 Å². The van der Waals surface area contributed by atoms with Crippen LogP contribution in [-0.4, -0.2) is 23.1 Å². The Morgan fingerprint density at radius 3 is 2.10 bits per heavy atom. The zero-order valence-corrected chi connectivity index (χ0v) is 13.3. The minimum atomic E-state index is -1.04. The van der Waals surface area contributed by atoms with Crippen molar-refractivity contribution in [2.45, 2.75) is 32.9 Å². The summed E-state index contributed by atoms with van der Waals surface area (Å²) in [6.07, 6.45) is 0. The lowest BCUT2D eigenvalue weighted by atomic mass is 10.1. The normalized spacial score (nSPS) is 13.7. The summed E-state index contributed by atoms with van der Waals surface area (Å²) in [6, 6.07) is 5.98. The van der Waals surface area contributed by atoms with E-state index in [-0.39, 0.29) is 12.0 Å². The van der Waals surface area contributed by atoms with E-state index in [0.717, 1.165) is 10.0 Å². The van der Waals surface area contributed by atoms with Crippen LogP contribution in [0.3, 0.4) is 0 Å². The van der Waals surface area contributed by atoms with Crippen LogP contribution in [0.4, 0.5) is 4.79 Å². The summed E-state index contributed by atoms with van der Waals surface area (Å²) in [5.41, 5.74) is 0.944. The summed E-state index contributed by atoms with van der Waals surface area (Å²) < 4.78 is 0.962. The van der Waals surface area contributed by atoms with Gasteiger partial charge in [0.05, 0.1) is 6.04 Å². The van der Waals surface area contributed by atoms with Crippen LogP contribution in [0.15, 0.2) is 28.7 Å². The van der Waals surface area contributed by atoms with Crippen molar-refractivity contribution in [3.8, 4) is 0 Å². The Morgan fingerprint density at radius 1 is 1.10 bits per heavy atom. The molecule has 0 saturated heterocycles. The lowest BCUT2D eigenvalue weighted by molar-refractivity contribution is -0.140. The van der Waals surface area contributed by atoms with Crippen molar-refractivity contribution in [3.05, 3.63) is 34.3 Å². The summed E-state index contributed by atoms with van der Waals surface area (Å²) in [5.74, 6) is -1.22.